The Morgan fingerprint density at radius 2 is 2.00 bits per heavy atom. The van der Waals surface area contributed by atoms with Crippen molar-refractivity contribution in [3.8, 4) is 0 Å². The van der Waals surface area contributed by atoms with Crippen LogP contribution in [0.1, 0.15) is 38.3 Å². The van der Waals surface area contributed by atoms with Crippen LogP contribution in [-0.2, 0) is 9.53 Å². The van der Waals surface area contributed by atoms with E-state index in [4.69, 9.17) is 4.74 Å². The fourth-order valence-electron chi connectivity index (χ4n) is 2.55. The molecule has 1 fully saturated rings. The minimum absolute atomic E-state index is 0.0172. The second kappa shape index (κ2) is 6.67. The molecule has 3 atom stereocenters. The smallest absolute Gasteiger partial charge is 0.325 e. The molecule has 6 nitrogen and oxygen atoms in total. The molecule has 0 bridgehead atoms. The molecule has 0 radical (unpaired) electrons. The van der Waals surface area contributed by atoms with Gasteiger partial charge in [0.05, 0.1) is 17.6 Å². The third-order valence-corrected chi connectivity index (χ3v) is 3.67. The molecule has 1 aromatic carbocycles. The molecule has 1 heterocycles. The number of carbonyl (C=O) groups is 1. The van der Waals surface area contributed by atoms with E-state index in [1.54, 1.807) is 19.1 Å². The van der Waals surface area contributed by atoms with Crippen LogP contribution in [0.2, 0.25) is 0 Å². The van der Waals surface area contributed by atoms with E-state index in [1.807, 2.05) is 0 Å². The summed E-state index contributed by atoms with van der Waals surface area (Å²) in [6.07, 6.45) is 2.07. The summed E-state index contributed by atoms with van der Waals surface area (Å²) in [5, 5.41) is 10.7. The van der Waals surface area contributed by atoms with Crippen LogP contribution in [0.5, 0.6) is 0 Å². The van der Waals surface area contributed by atoms with Gasteiger partial charge in [0.15, 0.2) is 0 Å². The van der Waals surface area contributed by atoms with E-state index in [0.717, 1.165) is 24.9 Å². The highest BCUT2D eigenvalue weighted by Gasteiger charge is 2.53. The Bertz CT molecular complexity index is 515. The maximum atomic E-state index is 12.0. The second-order valence-electron chi connectivity index (χ2n) is 5.08. The Morgan fingerprint density at radius 1 is 1.33 bits per heavy atom. The number of benzene rings is 1. The number of non-ortho nitro benzene ring substituents is 1. The van der Waals surface area contributed by atoms with Gasteiger partial charge in [0.1, 0.15) is 6.04 Å². The zero-order chi connectivity index (χ0) is 15.4. The molecule has 1 aromatic rings. The number of unbranched alkanes of at least 4 members (excludes halogenated alkanes) is 1. The van der Waals surface area contributed by atoms with Crippen LogP contribution in [-0.4, -0.2) is 35.0 Å². The number of esters is 1. The standard InChI is InChI=1S/C15H20N2O4/c1-3-5-10-16-13(14(16)15(18)21-4-2)11-6-8-12(9-7-11)17(19)20/h6-9,13-14H,3-5,10H2,1-2H3/t13-,14+,16?/m1/s1. The molecule has 0 amide bonds. The zero-order valence-electron chi connectivity index (χ0n) is 12.3. The molecule has 1 saturated heterocycles. The Kier molecular flexibility index (Phi) is 4.90. The molecule has 114 valence electrons. The lowest BCUT2D eigenvalue weighted by Gasteiger charge is -2.02. The van der Waals surface area contributed by atoms with Crippen LogP contribution in [0, 0.1) is 10.1 Å². The Labute approximate surface area is 123 Å². The van der Waals surface area contributed by atoms with Gasteiger partial charge in [0, 0.05) is 12.1 Å². The molecule has 1 aliphatic heterocycles. The highest BCUT2D eigenvalue weighted by atomic mass is 16.6. The first kappa shape index (κ1) is 15.4. The van der Waals surface area contributed by atoms with Gasteiger partial charge in [0.25, 0.3) is 5.69 Å². The highest BCUT2D eigenvalue weighted by molar-refractivity contribution is 5.80. The fraction of sp³-hybridized carbons (Fsp3) is 0.533. The number of nitro benzene ring substituents is 1. The predicted molar refractivity (Wildman–Crippen MR) is 77.9 cm³/mol. The van der Waals surface area contributed by atoms with Crippen LogP contribution in [0.25, 0.3) is 0 Å². The van der Waals surface area contributed by atoms with Gasteiger partial charge in [-0.25, -0.2) is 0 Å². The van der Waals surface area contributed by atoms with E-state index < -0.39 is 4.92 Å². The molecule has 2 rings (SSSR count). The van der Waals surface area contributed by atoms with E-state index in [9.17, 15) is 14.9 Å². The third-order valence-electron chi connectivity index (χ3n) is 3.67. The molecule has 0 spiro atoms. The summed E-state index contributed by atoms with van der Waals surface area (Å²) >= 11 is 0. The number of carbonyl (C=O) groups excluding carboxylic acids is 1. The Morgan fingerprint density at radius 3 is 2.52 bits per heavy atom. The van der Waals surface area contributed by atoms with Crippen LogP contribution >= 0.6 is 0 Å². The van der Waals surface area contributed by atoms with Crippen molar-refractivity contribution in [3.63, 3.8) is 0 Å². The lowest BCUT2D eigenvalue weighted by molar-refractivity contribution is -0.384. The molecule has 1 aliphatic rings. The topological polar surface area (TPSA) is 72.5 Å². The largest absolute Gasteiger partial charge is 0.465 e. The van der Waals surface area contributed by atoms with Crippen molar-refractivity contribution >= 4 is 11.7 Å². The number of hydrogen-bond acceptors (Lipinski definition) is 5. The molecule has 0 aliphatic carbocycles. The zero-order valence-corrected chi connectivity index (χ0v) is 12.3. The normalized spacial score (nSPS) is 23.6. The predicted octanol–water partition coefficient (Wildman–Crippen LogP) is 2.68. The number of ether oxygens (including phenoxy) is 1. The number of hydrogen-bond donors (Lipinski definition) is 0. The Balaban J connectivity index is 2.11. The van der Waals surface area contributed by atoms with Gasteiger partial charge in [-0.15, -0.1) is 0 Å². The molecular formula is C15H20N2O4. The minimum Gasteiger partial charge on any atom is -0.465 e. The van der Waals surface area contributed by atoms with Crippen molar-refractivity contribution in [1.29, 1.82) is 0 Å². The third kappa shape index (κ3) is 3.39. The van der Waals surface area contributed by atoms with E-state index >= 15 is 0 Å². The number of nitrogens with zero attached hydrogens (tertiary/aromatic N) is 2. The molecule has 21 heavy (non-hydrogen) atoms. The van der Waals surface area contributed by atoms with Crippen LogP contribution < -0.4 is 0 Å². The summed E-state index contributed by atoms with van der Waals surface area (Å²) in [5.41, 5.74) is 0.988. The minimum atomic E-state index is -0.422. The first-order valence-corrected chi connectivity index (χ1v) is 7.26. The van der Waals surface area contributed by atoms with E-state index in [0.29, 0.717) is 6.61 Å². The van der Waals surface area contributed by atoms with Crippen molar-refractivity contribution in [2.24, 2.45) is 0 Å². The monoisotopic (exact) mass is 292 g/mol. The molecule has 0 N–H and O–H groups in total. The van der Waals surface area contributed by atoms with Gasteiger partial charge in [0.2, 0.25) is 0 Å². The van der Waals surface area contributed by atoms with Crippen molar-refractivity contribution in [1.82, 2.24) is 4.90 Å². The van der Waals surface area contributed by atoms with Crippen LogP contribution in [0.4, 0.5) is 5.69 Å². The van der Waals surface area contributed by atoms with Crippen molar-refractivity contribution in [3.05, 3.63) is 39.9 Å². The summed E-state index contributed by atoms with van der Waals surface area (Å²) < 4.78 is 5.10. The summed E-state index contributed by atoms with van der Waals surface area (Å²) in [7, 11) is 0. The maximum Gasteiger partial charge on any atom is 0.325 e. The summed E-state index contributed by atoms with van der Waals surface area (Å²) in [6.45, 7) is 5.09. The van der Waals surface area contributed by atoms with E-state index in [-0.39, 0.29) is 23.7 Å². The quantitative estimate of drug-likeness (QED) is 0.334. The van der Waals surface area contributed by atoms with Crippen molar-refractivity contribution < 1.29 is 14.5 Å². The maximum absolute atomic E-state index is 12.0. The summed E-state index contributed by atoms with van der Waals surface area (Å²) in [4.78, 5) is 24.3. The second-order valence-corrected chi connectivity index (χ2v) is 5.08. The molecule has 1 unspecified atom stereocenters. The van der Waals surface area contributed by atoms with Crippen LogP contribution in [0.3, 0.4) is 0 Å². The first-order chi connectivity index (χ1) is 10.1. The number of nitro groups is 1. The van der Waals surface area contributed by atoms with Gasteiger partial charge in [-0.2, -0.15) is 0 Å². The SMILES string of the molecule is CCCCN1[C@H](C(=O)OCC)[C@H]1c1ccc([N+](=O)[O-])cc1. The van der Waals surface area contributed by atoms with Crippen LogP contribution in [0.15, 0.2) is 24.3 Å². The van der Waals surface area contributed by atoms with Gasteiger partial charge in [-0.05, 0) is 25.5 Å². The summed E-state index contributed by atoms with van der Waals surface area (Å²) in [5.74, 6) is -0.211. The fourth-order valence-corrected chi connectivity index (χ4v) is 2.55. The van der Waals surface area contributed by atoms with Crippen molar-refractivity contribution in [2.75, 3.05) is 13.2 Å². The number of rotatable bonds is 7. The van der Waals surface area contributed by atoms with Gasteiger partial charge >= 0.3 is 5.97 Å². The van der Waals surface area contributed by atoms with E-state index in [2.05, 4.69) is 11.8 Å². The highest BCUT2D eigenvalue weighted by Crippen LogP contribution is 2.44. The molecule has 0 saturated carbocycles. The van der Waals surface area contributed by atoms with Gasteiger partial charge < -0.3 is 4.74 Å². The molecule has 6 heteroatoms. The Hall–Kier alpha value is -1.95. The lowest BCUT2D eigenvalue weighted by Crippen LogP contribution is -2.16. The average Bonchev–Trinajstić information content (AvgIpc) is 3.19. The lowest BCUT2D eigenvalue weighted by atomic mass is 10.1. The van der Waals surface area contributed by atoms with Gasteiger partial charge in [-0.1, -0.05) is 25.5 Å². The average molecular weight is 292 g/mol. The molecule has 0 aromatic heterocycles. The summed E-state index contributed by atoms with van der Waals surface area (Å²) in [6, 6.07) is 6.14. The van der Waals surface area contributed by atoms with Crippen molar-refractivity contribution in [2.45, 2.75) is 38.8 Å². The first-order valence-electron chi connectivity index (χ1n) is 7.26. The van der Waals surface area contributed by atoms with Gasteiger partial charge in [-0.3, -0.25) is 19.8 Å². The molecular weight excluding hydrogens is 272 g/mol. The van der Waals surface area contributed by atoms with E-state index in [1.165, 1.54) is 12.1 Å².